The van der Waals surface area contributed by atoms with Gasteiger partial charge in [-0.2, -0.15) is 4.79 Å². The molecule has 1 aromatic rings. The smallest absolute Gasteiger partial charge is 0.361 e. The first kappa shape index (κ1) is 13.7. The molecule has 90 valence electrons. The number of likely N-dealkylation sites (N-methyl/N-ethyl adjacent to an activating group) is 1. The first-order valence-corrected chi connectivity index (χ1v) is 5.26. The number of carbonyl (C=O) groups excluding carboxylic acids is 1. The van der Waals surface area contributed by atoms with Crippen LogP contribution in [0.25, 0.3) is 5.53 Å². The largest absolute Gasteiger partial charge is 0.388 e. The number of hydrogen-bond donors (Lipinski definition) is 0. The van der Waals surface area contributed by atoms with E-state index in [1.807, 2.05) is 0 Å². The maximum atomic E-state index is 11.7. The molecule has 5 nitrogen and oxygen atoms in total. The van der Waals surface area contributed by atoms with Crippen LogP contribution >= 0.6 is 23.2 Å². The van der Waals surface area contributed by atoms with Crippen LogP contribution in [0.15, 0.2) is 18.2 Å². The molecule has 0 spiro atoms. The lowest BCUT2D eigenvalue weighted by Crippen LogP contribution is -2.33. The third kappa shape index (κ3) is 3.05. The number of benzene rings is 1. The van der Waals surface area contributed by atoms with Gasteiger partial charge in [-0.15, -0.1) is 0 Å². The van der Waals surface area contributed by atoms with E-state index >= 15 is 0 Å². The van der Waals surface area contributed by atoms with E-state index in [1.54, 1.807) is 0 Å². The highest BCUT2D eigenvalue weighted by atomic mass is 35.5. The molecule has 17 heavy (non-hydrogen) atoms. The molecule has 0 aliphatic carbocycles. The number of rotatable bonds is 3. The van der Waals surface area contributed by atoms with Crippen LogP contribution in [0.1, 0.15) is 5.56 Å². The SMILES string of the molecule is CON(C)C(=O)C(=[N+]=[N-])c1ccc(Cl)c(Cl)c1. The van der Waals surface area contributed by atoms with Gasteiger partial charge in [0.15, 0.2) is 0 Å². The Kier molecular flexibility index (Phi) is 4.66. The monoisotopic (exact) mass is 273 g/mol. The van der Waals surface area contributed by atoms with Crippen molar-refractivity contribution < 1.29 is 14.4 Å². The highest BCUT2D eigenvalue weighted by molar-refractivity contribution is 6.45. The first-order chi connectivity index (χ1) is 8.01. The molecule has 0 saturated carbocycles. The van der Waals surface area contributed by atoms with Gasteiger partial charge in [0, 0.05) is 7.05 Å². The number of amides is 1. The summed E-state index contributed by atoms with van der Waals surface area (Å²) in [6.45, 7) is 0. The fourth-order valence-corrected chi connectivity index (χ4v) is 1.40. The van der Waals surface area contributed by atoms with Gasteiger partial charge in [0.25, 0.3) is 0 Å². The molecule has 0 aliphatic heterocycles. The molecule has 0 aliphatic rings. The number of nitrogens with zero attached hydrogens (tertiary/aromatic N) is 3. The highest BCUT2D eigenvalue weighted by Crippen LogP contribution is 2.22. The molecule has 0 N–H and O–H groups in total. The molecular formula is C10H9Cl2N3O2. The minimum atomic E-state index is -0.603. The molecule has 1 aromatic carbocycles. The van der Waals surface area contributed by atoms with Gasteiger partial charge in [-0.1, -0.05) is 23.2 Å². The molecule has 7 heteroatoms. The van der Waals surface area contributed by atoms with Crippen molar-refractivity contribution in [2.75, 3.05) is 14.2 Å². The molecule has 0 unspecified atom stereocenters. The van der Waals surface area contributed by atoms with Gasteiger partial charge in [0.05, 0.1) is 22.7 Å². The number of carbonyl (C=O) groups is 1. The molecule has 1 rings (SSSR count). The van der Waals surface area contributed by atoms with Gasteiger partial charge >= 0.3 is 11.6 Å². The van der Waals surface area contributed by atoms with Crippen LogP contribution in [0.4, 0.5) is 0 Å². The number of hydrogen-bond acceptors (Lipinski definition) is 2. The summed E-state index contributed by atoms with van der Waals surface area (Å²) in [5.74, 6) is -0.603. The van der Waals surface area contributed by atoms with Crippen molar-refractivity contribution in [2.45, 2.75) is 0 Å². The average molecular weight is 274 g/mol. The summed E-state index contributed by atoms with van der Waals surface area (Å²) in [6, 6.07) is 4.45. The Hall–Kier alpha value is -1.39. The molecule has 1 amide bonds. The van der Waals surface area contributed by atoms with Crippen molar-refractivity contribution in [1.82, 2.24) is 5.06 Å². The summed E-state index contributed by atoms with van der Waals surface area (Å²) in [6.07, 6.45) is 0. The van der Waals surface area contributed by atoms with Crippen molar-refractivity contribution in [2.24, 2.45) is 0 Å². The van der Waals surface area contributed by atoms with Gasteiger partial charge in [-0.3, -0.25) is 9.63 Å². The summed E-state index contributed by atoms with van der Waals surface area (Å²) >= 11 is 11.6. The molecule has 0 aromatic heterocycles. The van der Waals surface area contributed by atoms with Gasteiger partial charge in [0.1, 0.15) is 0 Å². The van der Waals surface area contributed by atoms with E-state index in [9.17, 15) is 4.79 Å². The van der Waals surface area contributed by atoms with Crippen LogP contribution in [-0.4, -0.2) is 35.6 Å². The maximum Gasteiger partial charge on any atom is 0.388 e. The predicted octanol–water partition coefficient (Wildman–Crippen LogP) is 2.03. The average Bonchev–Trinajstić information content (AvgIpc) is 2.33. The zero-order valence-corrected chi connectivity index (χ0v) is 10.7. The summed E-state index contributed by atoms with van der Waals surface area (Å²) < 4.78 is 0. The predicted molar refractivity (Wildman–Crippen MR) is 64.0 cm³/mol. The highest BCUT2D eigenvalue weighted by Gasteiger charge is 2.27. The molecule has 0 atom stereocenters. The molecule has 0 saturated heterocycles. The van der Waals surface area contributed by atoms with Crippen molar-refractivity contribution in [3.05, 3.63) is 39.3 Å². The van der Waals surface area contributed by atoms with Crippen molar-refractivity contribution in [3.8, 4) is 0 Å². The quantitative estimate of drug-likeness (QED) is 0.366. The second-order valence-corrected chi connectivity index (χ2v) is 3.88. The summed E-state index contributed by atoms with van der Waals surface area (Å²) in [5.41, 5.74) is 9.02. The molecular weight excluding hydrogens is 265 g/mol. The Balaban J connectivity index is 3.16. The van der Waals surface area contributed by atoms with Crippen molar-refractivity contribution in [3.63, 3.8) is 0 Å². The maximum absolute atomic E-state index is 11.7. The second-order valence-electron chi connectivity index (χ2n) is 3.06. The number of halogens is 2. The summed E-state index contributed by atoms with van der Waals surface area (Å²) in [5, 5.41) is 1.54. The van der Waals surface area contributed by atoms with Crippen LogP contribution in [0.3, 0.4) is 0 Å². The Morgan fingerprint density at radius 2 is 2.06 bits per heavy atom. The lowest BCUT2D eigenvalue weighted by atomic mass is 10.1. The number of hydroxylamine groups is 2. The summed E-state index contributed by atoms with van der Waals surface area (Å²) in [4.78, 5) is 19.4. The second kappa shape index (κ2) is 5.80. The lowest BCUT2D eigenvalue weighted by Gasteiger charge is -2.10. The van der Waals surface area contributed by atoms with E-state index in [2.05, 4.69) is 4.79 Å². The van der Waals surface area contributed by atoms with Crippen LogP contribution in [0.2, 0.25) is 10.0 Å². The van der Waals surface area contributed by atoms with Gasteiger partial charge in [-0.05, 0) is 18.2 Å². The fourth-order valence-electron chi connectivity index (χ4n) is 1.10. The standard InChI is InChI=1S/C10H9Cl2N3O2/c1-15(17-2)10(16)9(14-13)6-3-4-7(11)8(12)5-6/h3-5H,1-2H3. The third-order valence-electron chi connectivity index (χ3n) is 2.06. The van der Waals surface area contributed by atoms with Gasteiger partial charge < -0.3 is 5.53 Å². The third-order valence-corrected chi connectivity index (χ3v) is 2.79. The van der Waals surface area contributed by atoms with Crippen LogP contribution in [0, 0.1) is 0 Å². The van der Waals surface area contributed by atoms with E-state index in [-0.39, 0.29) is 10.7 Å². The Labute approximate surface area is 108 Å². The van der Waals surface area contributed by atoms with Crippen LogP contribution < -0.4 is 0 Å². The van der Waals surface area contributed by atoms with Crippen LogP contribution in [0.5, 0.6) is 0 Å². The van der Waals surface area contributed by atoms with Crippen LogP contribution in [-0.2, 0) is 9.63 Å². The van der Waals surface area contributed by atoms with Crippen molar-refractivity contribution in [1.29, 1.82) is 0 Å². The topological polar surface area (TPSA) is 65.9 Å². The zero-order valence-electron chi connectivity index (χ0n) is 9.15. The van der Waals surface area contributed by atoms with E-state index in [1.165, 1.54) is 32.4 Å². The first-order valence-electron chi connectivity index (χ1n) is 4.51. The fraction of sp³-hybridized carbons (Fsp3) is 0.200. The van der Waals surface area contributed by atoms with E-state index in [4.69, 9.17) is 33.6 Å². The van der Waals surface area contributed by atoms with Crippen molar-refractivity contribution >= 4 is 34.8 Å². The minimum absolute atomic E-state index is 0.187. The Bertz CT molecular complexity index is 498. The van der Waals surface area contributed by atoms with E-state index in [0.29, 0.717) is 10.6 Å². The molecule has 0 fully saturated rings. The molecule has 0 radical (unpaired) electrons. The normalized spacial score (nSPS) is 9.65. The minimum Gasteiger partial charge on any atom is -0.361 e. The van der Waals surface area contributed by atoms with Gasteiger partial charge in [-0.25, -0.2) is 5.06 Å². The van der Waals surface area contributed by atoms with Gasteiger partial charge in [0.2, 0.25) is 0 Å². The molecule has 0 heterocycles. The van der Waals surface area contributed by atoms with E-state index in [0.717, 1.165) is 5.06 Å². The Morgan fingerprint density at radius 3 is 2.53 bits per heavy atom. The summed E-state index contributed by atoms with van der Waals surface area (Å²) in [7, 11) is 2.72. The Morgan fingerprint density at radius 1 is 1.41 bits per heavy atom. The lowest BCUT2D eigenvalue weighted by molar-refractivity contribution is -0.164. The zero-order chi connectivity index (χ0) is 13.0. The molecule has 0 bridgehead atoms. The van der Waals surface area contributed by atoms with E-state index < -0.39 is 5.91 Å².